The summed E-state index contributed by atoms with van der Waals surface area (Å²) < 4.78 is 5.44. The molecule has 0 amide bonds. The second kappa shape index (κ2) is 8.02. The predicted octanol–water partition coefficient (Wildman–Crippen LogP) is 4.78. The van der Waals surface area contributed by atoms with E-state index >= 15 is 0 Å². The first-order valence-electron chi connectivity index (χ1n) is 8.15. The minimum atomic E-state index is -0.204. The number of carbonyl (C=O) groups is 1. The lowest BCUT2D eigenvalue weighted by Crippen LogP contribution is -2.23. The molecule has 1 aromatic rings. The van der Waals surface area contributed by atoms with Gasteiger partial charge in [-0.05, 0) is 56.1 Å². The van der Waals surface area contributed by atoms with Gasteiger partial charge < -0.3 is 4.74 Å². The number of ether oxygens (including phenoxy) is 1. The number of allylic oxidation sites excluding steroid dienone is 1. The van der Waals surface area contributed by atoms with Crippen LogP contribution in [0.3, 0.4) is 0 Å². The van der Waals surface area contributed by atoms with E-state index in [0.29, 0.717) is 5.92 Å². The van der Waals surface area contributed by atoms with Crippen molar-refractivity contribution in [2.45, 2.75) is 64.4 Å². The van der Waals surface area contributed by atoms with Crippen LogP contribution in [0.15, 0.2) is 36.4 Å². The first-order valence-corrected chi connectivity index (χ1v) is 8.15. The van der Waals surface area contributed by atoms with E-state index in [0.717, 1.165) is 32.1 Å². The highest BCUT2D eigenvalue weighted by molar-refractivity contribution is 5.81. The second-order valence-corrected chi connectivity index (χ2v) is 5.90. The third-order valence-electron chi connectivity index (χ3n) is 4.25. The molecule has 0 unspecified atom stereocenters. The Morgan fingerprint density at radius 3 is 2.43 bits per heavy atom. The van der Waals surface area contributed by atoms with Crippen molar-refractivity contribution < 1.29 is 9.53 Å². The summed E-state index contributed by atoms with van der Waals surface area (Å²) in [6, 6.07) is 9.08. The van der Waals surface area contributed by atoms with Crippen molar-refractivity contribution in [2.75, 3.05) is 0 Å². The number of hydrogen-bond donors (Lipinski definition) is 0. The Kier molecular flexibility index (Phi) is 6.04. The quantitative estimate of drug-likeness (QED) is 0.575. The van der Waals surface area contributed by atoms with Gasteiger partial charge in [-0.15, -0.1) is 0 Å². The SMILES string of the molecule is CC=CC(=O)OC1CCC(c2ccc(CCC)cc2)CC1. The van der Waals surface area contributed by atoms with Gasteiger partial charge in [0.25, 0.3) is 0 Å². The Balaban J connectivity index is 1.84. The van der Waals surface area contributed by atoms with Crippen molar-refractivity contribution in [3.8, 4) is 0 Å². The van der Waals surface area contributed by atoms with Gasteiger partial charge in [0, 0.05) is 6.08 Å². The average molecular weight is 286 g/mol. The highest BCUT2D eigenvalue weighted by atomic mass is 16.5. The van der Waals surface area contributed by atoms with E-state index in [1.807, 2.05) is 6.92 Å². The standard InChI is InChI=1S/C19H26O2/c1-3-5-15-7-9-16(10-8-15)17-11-13-18(14-12-17)21-19(20)6-4-2/h4,6-10,17-18H,3,5,11-14H2,1-2H3. The van der Waals surface area contributed by atoms with Crippen molar-refractivity contribution >= 4 is 5.97 Å². The van der Waals surface area contributed by atoms with E-state index in [-0.39, 0.29) is 12.1 Å². The van der Waals surface area contributed by atoms with E-state index in [1.54, 1.807) is 6.08 Å². The molecule has 0 aliphatic heterocycles. The summed E-state index contributed by atoms with van der Waals surface area (Å²) >= 11 is 0. The fourth-order valence-corrected chi connectivity index (χ4v) is 3.10. The van der Waals surface area contributed by atoms with Crippen LogP contribution < -0.4 is 0 Å². The van der Waals surface area contributed by atoms with Crippen LogP contribution in [0.2, 0.25) is 0 Å². The monoisotopic (exact) mass is 286 g/mol. The number of aryl methyl sites for hydroxylation is 1. The predicted molar refractivity (Wildman–Crippen MR) is 86.3 cm³/mol. The summed E-state index contributed by atoms with van der Waals surface area (Å²) in [7, 11) is 0. The van der Waals surface area contributed by atoms with E-state index in [2.05, 4.69) is 31.2 Å². The van der Waals surface area contributed by atoms with E-state index in [9.17, 15) is 4.79 Å². The van der Waals surface area contributed by atoms with Crippen LogP contribution in [0, 0.1) is 0 Å². The average Bonchev–Trinajstić information content (AvgIpc) is 2.49. The minimum Gasteiger partial charge on any atom is -0.459 e. The lowest BCUT2D eigenvalue weighted by Gasteiger charge is -2.28. The van der Waals surface area contributed by atoms with Crippen LogP contribution in [-0.2, 0) is 16.0 Å². The first kappa shape index (κ1) is 15.8. The molecule has 0 bridgehead atoms. The maximum Gasteiger partial charge on any atom is 0.330 e. The molecule has 0 N–H and O–H groups in total. The molecule has 0 aromatic heterocycles. The lowest BCUT2D eigenvalue weighted by molar-refractivity contribution is -0.144. The summed E-state index contributed by atoms with van der Waals surface area (Å²) in [4.78, 5) is 11.5. The fraction of sp³-hybridized carbons (Fsp3) is 0.526. The molecule has 0 atom stereocenters. The van der Waals surface area contributed by atoms with Gasteiger partial charge in [-0.25, -0.2) is 4.79 Å². The summed E-state index contributed by atoms with van der Waals surface area (Å²) in [6.07, 6.45) is 9.86. The number of hydrogen-bond acceptors (Lipinski definition) is 2. The Hall–Kier alpha value is -1.57. The Morgan fingerprint density at radius 2 is 1.86 bits per heavy atom. The number of benzene rings is 1. The van der Waals surface area contributed by atoms with Crippen LogP contribution in [0.4, 0.5) is 0 Å². The zero-order chi connectivity index (χ0) is 15.1. The van der Waals surface area contributed by atoms with E-state index in [4.69, 9.17) is 4.74 Å². The van der Waals surface area contributed by atoms with Crippen molar-refractivity contribution in [1.82, 2.24) is 0 Å². The van der Waals surface area contributed by atoms with Gasteiger partial charge in [-0.2, -0.15) is 0 Å². The summed E-state index contributed by atoms with van der Waals surface area (Å²) in [6.45, 7) is 4.05. The van der Waals surface area contributed by atoms with Gasteiger partial charge in [0.15, 0.2) is 0 Å². The van der Waals surface area contributed by atoms with Gasteiger partial charge in [0.05, 0.1) is 0 Å². The van der Waals surface area contributed by atoms with Gasteiger partial charge in [0.2, 0.25) is 0 Å². The van der Waals surface area contributed by atoms with Gasteiger partial charge in [-0.1, -0.05) is 43.7 Å². The lowest BCUT2D eigenvalue weighted by atomic mass is 9.82. The smallest absolute Gasteiger partial charge is 0.330 e. The summed E-state index contributed by atoms with van der Waals surface area (Å²) in [5.41, 5.74) is 2.86. The van der Waals surface area contributed by atoms with E-state index < -0.39 is 0 Å². The summed E-state index contributed by atoms with van der Waals surface area (Å²) in [5, 5.41) is 0. The molecule has 1 aliphatic rings. The van der Waals surface area contributed by atoms with Crippen molar-refractivity contribution in [3.05, 3.63) is 47.5 Å². The molecule has 21 heavy (non-hydrogen) atoms. The molecule has 1 fully saturated rings. The van der Waals surface area contributed by atoms with Crippen molar-refractivity contribution in [2.24, 2.45) is 0 Å². The minimum absolute atomic E-state index is 0.101. The van der Waals surface area contributed by atoms with Crippen LogP contribution >= 0.6 is 0 Å². The van der Waals surface area contributed by atoms with Crippen LogP contribution in [-0.4, -0.2) is 12.1 Å². The van der Waals surface area contributed by atoms with Gasteiger partial charge in [0.1, 0.15) is 6.10 Å². The molecule has 0 radical (unpaired) electrons. The topological polar surface area (TPSA) is 26.3 Å². The zero-order valence-electron chi connectivity index (χ0n) is 13.2. The van der Waals surface area contributed by atoms with Crippen LogP contribution in [0.1, 0.15) is 63.0 Å². The molecule has 114 valence electrons. The fourth-order valence-electron chi connectivity index (χ4n) is 3.10. The molecule has 1 aromatic carbocycles. The second-order valence-electron chi connectivity index (χ2n) is 5.90. The maximum atomic E-state index is 11.5. The van der Waals surface area contributed by atoms with E-state index in [1.165, 1.54) is 23.6 Å². The van der Waals surface area contributed by atoms with Crippen molar-refractivity contribution in [1.29, 1.82) is 0 Å². The molecular weight excluding hydrogens is 260 g/mol. The molecule has 1 saturated carbocycles. The van der Waals surface area contributed by atoms with Crippen LogP contribution in [0.5, 0.6) is 0 Å². The first-order chi connectivity index (χ1) is 10.2. The Labute approximate surface area is 128 Å². The number of esters is 1. The highest BCUT2D eigenvalue weighted by Gasteiger charge is 2.24. The molecule has 0 spiro atoms. The Bertz CT molecular complexity index is 465. The zero-order valence-corrected chi connectivity index (χ0v) is 13.2. The number of carbonyl (C=O) groups excluding carboxylic acids is 1. The maximum absolute atomic E-state index is 11.5. The normalized spacial score (nSPS) is 22.4. The number of rotatable bonds is 5. The molecule has 1 aliphatic carbocycles. The molecule has 0 saturated heterocycles. The molecule has 2 rings (SSSR count). The molecular formula is C19H26O2. The van der Waals surface area contributed by atoms with Crippen LogP contribution in [0.25, 0.3) is 0 Å². The summed E-state index contributed by atoms with van der Waals surface area (Å²) in [5.74, 6) is 0.419. The van der Waals surface area contributed by atoms with Gasteiger partial charge in [-0.3, -0.25) is 0 Å². The Morgan fingerprint density at radius 1 is 1.19 bits per heavy atom. The third kappa shape index (κ3) is 4.73. The molecule has 0 heterocycles. The van der Waals surface area contributed by atoms with Crippen molar-refractivity contribution in [3.63, 3.8) is 0 Å². The largest absolute Gasteiger partial charge is 0.459 e. The molecule has 2 heteroatoms. The van der Waals surface area contributed by atoms with Gasteiger partial charge >= 0.3 is 5.97 Å². The molecule has 2 nitrogen and oxygen atoms in total. The highest BCUT2D eigenvalue weighted by Crippen LogP contribution is 2.34. The third-order valence-corrected chi connectivity index (χ3v) is 4.25.